The Hall–Kier alpha value is -4.34. The Bertz CT molecular complexity index is 2100. The van der Waals surface area contributed by atoms with Gasteiger partial charge in [0.05, 0.1) is 16.9 Å². The topological polar surface area (TPSA) is 63.8 Å². The fraction of sp³-hybridized carbons (Fsp3) is 0.162. The van der Waals surface area contributed by atoms with Gasteiger partial charge >= 0.3 is 0 Å². The molecule has 0 amide bonds. The van der Waals surface area contributed by atoms with Gasteiger partial charge in [-0.15, -0.1) is 29.7 Å². The smallest absolute Gasteiger partial charge is 0.125 e. The van der Waals surface area contributed by atoms with Gasteiger partial charge in [-0.25, -0.2) is 9.97 Å². The number of nitrogens with zero attached hydrogens (tertiary/aromatic N) is 4. The monoisotopic (exact) mass is 742 g/mol. The van der Waals surface area contributed by atoms with Crippen LogP contribution in [0, 0.1) is 6.07 Å². The molecule has 0 unspecified atom stereocenters. The summed E-state index contributed by atoms with van der Waals surface area (Å²) in [5.41, 5.74) is 6.82. The molecule has 0 atom stereocenters. The van der Waals surface area contributed by atoms with Crippen molar-refractivity contribution in [2.75, 3.05) is 0 Å². The molecule has 0 spiro atoms. The molecule has 43 heavy (non-hydrogen) atoms. The second-order valence-corrected chi connectivity index (χ2v) is 11.4. The Morgan fingerprint density at radius 1 is 0.721 bits per heavy atom. The van der Waals surface area contributed by atoms with Crippen molar-refractivity contribution >= 4 is 32.4 Å². The first-order valence-electron chi connectivity index (χ1n) is 14.4. The van der Waals surface area contributed by atoms with E-state index in [1.807, 2.05) is 54.9 Å². The molecule has 7 rings (SSSR count). The average Bonchev–Trinajstić information content (AvgIpc) is 3.45. The molecule has 0 aliphatic heterocycles. The minimum atomic E-state index is 0. The normalized spacial score (nSPS) is 11.6. The summed E-state index contributed by atoms with van der Waals surface area (Å²) in [6, 6.07) is 29.7. The van der Waals surface area contributed by atoms with E-state index >= 15 is 0 Å². The van der Waals surface area contributed by atoms with Gasteiger partial charge in [-0.3, -0.25) is 4.98 Å². The molecule has 4 aromatic carbocycles. The van der Waals surface area contributed by atoms with Gasteiger partial charge in [0.1, 0.15) is 17.3 Å². The molecular weight excluding hydrogens is 712 g/mol. The number of phenols is 1. The molecule has 216 valence electrons. The molecule has 0 saturated heterocycles. The van der Waals surface area contributed by atoms with E-state index in [9.17, 15) is 5.11 Å². The predicted octanol–water partition coefficient (Wildman–Crippen LogP) is 9.21. The van der Waals surface area contributed by atoms with Crippen LogP contribution in [0.5, 0.6) is 5.75 Å². The third-order valence-electron chi connectivity index (χ3n) is 8.05. The fourth-order valence-corrected chi connectivity index (χ4v) is 5.95. The summed E-state index contributed by atoms with van der Waals surface area (Å²) < 4.78 is 2.23. The second kappa shape index (κ2) is 11.4. The van der Waals surface area contributed by atoms with Gasteiger partial charge in [0, 0.05) is 38.0 Å². The number of rotatable bonds is 5. The molecule has 0 aliphatic carbocycles. The van der Waals surface area contributed by atoms with Gasteiger partial charge in [0.25, 0.3) is 0 Å². The molecule has 0 aliphatic rings. The summed E-state index contributed by atoms with van der Waals surface area (Å²) in [5, 5.41) is 15.4. The van der Waals surface area contributed by atoms with Crippen LogP contribution in [-0.2, 0) is 21.1 Å². The van der Waals surface area contributed by atoms with Gasteiger partial charge in [0.2, 0.25) is 0 Å². The molecule has 0 saturated carbocycles. The van der Waals surface area contributed by atoms with E-state index in [0.717, 1.165) is 60.9 Å². The van der Waals surface area contributed by atoms with E-state index in [1.165, 1.54) is 11.1 Å². The van der Waals surface area contributed by atoms with E-state index in [2.05, 4.69) is 79.8 Å². The molecule has 5 nitrogen and oxygen atoms in total. The zero-order valence-corrected chi connectivity index (χ0v) is 26.7. The Labute approximate surface area is 265 Å². The Morgan fingerprint density at radius 2 is 1.42 bits per heavy atom. The molecular formula is C37H31N4OPt-. The van der Waals surface area contributed by atoms with Crippen LogP contribution in [0.3, 0.4) is 0 Å². The Morgan fingerprint density at radius 3 is 2.19 bits per heavy atom. The number of aromatic hydroxyl groups is 1. The van der Waals surface area contributed by atoms with Crippen molar-refractivity contribution in [3.05, 3.63) is 115 Å². The van der Waals surface area contributed by atoms with Crippen molar-refractivity contribution in [1.29, 1.82) is 0 Å². The van der Waals surface area contributed by atoms with Crippen molar-refractivity contribution in [1.82, 2.24) is 19.5 Å². The number of aromatic nitrogens is 4. The van der Waals surface area contributed by atoms with Crippen molar-refractivity contribution < 1.29 is 26.2 Å². The largest absolute Gasteiger partial charge is 0.507 e. The van der Waals surface area contributed by atoms with Crippen LogP contribution in [0.15, 0.2) is 97.5 Å². The van der Waals surface area contributed by atoms with Crippen LogP contribution >= 0.6 is 0 Å². The summed E-state index contributed by atoms with van der Waals surface area (Å²) in [4.78, 5) is 14.9. The minimum absolute atomic E-state index is 0. The summed E-state index contributed by atoms with van der Waals surface area (Å²) >= 11 is 0. The molecule has 0 radical (unpaired) electrons. The maximum Gasteiger partial charge on any atom is 0.125 e. The third-order valence-corrected chi connectivity index (χ3v) is 8.05. The van der Waals surface area contributed by atoms with E-state index in [-0.39, 0.29) is 26.8 Å². The molecule has 3 aromatic heterocycles. The number of hydrogen-bond donors (Lipinski definition) is 1. The van der Waals surface area contributed by atoms with E-state index in [0.29, 0.717) is 11.8 Å². The quantitative estimate of drug-likeness (QED) is 0.141. The van der Waals surface area contributed by atoms with Crippen LogP contribution in [0.2, 0.25) is 0 Å². The molecule has 1 N–H and O–H groups in total. The zero-order valence-electron chi connectivity index (χ0n) is 24.4. The number of imidazole rings is 1. The number of fused-ring (bicyclic) bond motifs is 4. The van der Waals surface area contributed by atoms with Gasteiger partial charge in [0.15, 0.2) is 0 Å². The van der Waals surface area contributed by atoms with Crippen molar-refractivity contribution in [3.8, 4) is 34.2 Å². The average molecular weight is 743 g/mol. The molecule has 7 aromatic rings. The number of para-hydroxylation sites is 1. The molecule has 0 fully saturated rings. The summed E-state index contributed by atoms with van der Waals surface area (Å²) in [6.45, 7) is 8.93. The van der Waals surface area contributed by atoms with Crippen molar-refractivity contribution in [2.24, 2.45) is 0 Å². The van der Waals surface area contributed by atoms with E-state index in [4.69, 9.17) is 9.97 Å². The predicted molar refractivity (Wildman–Crippen MR) is 171 cm³/mol. The van der Waals surface area contributed by atoms with Gasteiger partial charge < -0.3 is 9.67 Å². The first-order chi connectivity index (χ1) is 20.4. The van der Waals surface area contributed by atoms with Crippen molar-refractivity contribution in [3.63, 3.8) is 0 Å². The first-order valence-corrected chi connectivity index (χ1v) is 14.4. The van der Waals surface area contributed by atoms with Gasteiger partial charge in [-0.05, 0) is 58.4 Å². The Kier molecular flexibility index (Phi) is 7.62. The summed E-state index contributed by atoms with van der Waals surface area (Å²) in [5.74, 6) is 1.63. The Balaban J connectivity index is 0.00000329. The maximum atomic E-state index is 10.8. The van der Waals surface area contributed by atoms with Crippen LogP contribution in [0.25, 0.3) is 60.9 Å². The second-order valence-electron chi connectivity index (χ2n) is 11.4. The number of phenolic OH excluding ortho intramolecular Hbond substituents is 1. The standard InChI is InChI=1S/C37H31N4O.Pt/c1-22(2)27-12-8-13-28(23(3)4)36(27)41-21-32(40-37(41)30-20-38-19-26-9-5-6-11-29(26)30)31-18-17-25-16-15-24-10-7-14-33(42)34(24)35(25)39-31;/h5-10,12-23,42H,1-4H3;/q-1;. The van der Waals surface area contributed by atoms with Crippen LogP contribution in [0.4, 0.5) is 0 Å². The van der Waals surface area contributed by atoms with E-state index < -0.39 is 0 Å². The van der Waals surface area contributed by atoms with E-state index in [1.54, 1.807) is 6.07 Å². The molecule has 6 heteroatoms. The van der Waals surface area contributed by atoms with Crippen LogP contribution in [-0.4, -0.2) is 24.6 Å². The van der Waals surface area contributed by atoms with Crippen molar-refractivity contribution in [2.45, 2.75) is 39.5 Å². The fourth-order valence-electron chi connectivity index (χ4n) is 5.95. The maximum absolute atomic E-state index is 10.8. The minimum Gasteiger partial charge on any atom is -0.507 e. The molecule has 0 bridgehead atoms. The number of benzene rings is 4. The first kappa shape index (κ1) is 28.8. The van der Waals surface area contributed by atoms with Gasteiger partial charge in [-0.1, -0.05) is 81.6 Å². The van der Waals surface area contributed by atoms with Gasteiger partial charge in [-0.2, -0.15) is 0 Å². The zero-order chi connectivity index (χ0) is 29.0. The van der Waals surface area contributed by atoms with Crippen LogP contribution < -0.4 is 0 Å². The summed E-state index contributed by atoms with van der Waals surface area (Å²) in [7, 11) is 0. The SMILES string of the molecule is CC(C)c1cccc(C(C)C)c1-n1cc(-c2ccc3ccc4cccc(O)c4c3n2)nc1-c1cncc2ccc[c-]c12.[Pt]. The molecule has 3 heterocycles. The summed E-state index contributed by atoms with van der Waals surface area (Å²) in [6.07, 6.45) is 5.85. The third kappa shape index (κ3) is 4.92. The van der Waals surface area contributed by atoms with Crippen LogP contribution in [0.1, 0.15) is 50.7 Å². The number of pyridine rings is 2. The number of hydrogen-bond acceptors (Lipinski definition) is 4.